The fourth-order valence-electron chi connectivity index (χ4n) is 2.29. The molecule has 0 spiro atoms. The van der Waals surface area contributed by atoms with Crippen LogP contribution in [0.5, 0.6) is 0 Å². The maximum atomic E-state index is 13.9. The molecule has 1 unspecified atom stereocenters. The van der Waals surface area contributed by atoms with Crippen molar-refractivity contribution in [1.82, 2.24) is 5.32 Å². The van der Waals surface area contributed by atoms with Gasteiger partial charge in [-0.1, -0.05) is 38.0 Å². The van der Waals surface area contributed by atoms with Crippen molar-refractivity contribution in [2.75, 3.05) is 6.54 Å². The SMILES string of the molecule is C=CCCCCCC(NCCC)c1cccc(F)c1F. The largest absolute Gasteiger partial charge is 0.310 e. The average molecular weight is 281 g/mol. The van der Waals surface area contributed by atoms with E-state index < -0.39 is 11.6 Å². The van der Waals surface area contributed by atoms with E-state index in [2.05, 4.69) is 18.8 Å². The van der Waals surface area contributed by atoms with Crippen LogP contribution in [0.1, 0.15) is 57.1 Å². The second kappa shape index (κ2) is 9.65. The van der Waals surface area contributed by atoms with Gasteiger partial charge in [0.1, 0.15) is 0 Å². The Morgan fingerprint density at radius 2 is 2.05 bits per heavy atom. The number of nitrogens with one attached hydrogen (secondary N) is 1. The first-order valence-corrected chi connectivity index (χ1v) is 7.48. The van der Waals surface area contributed by atoms with Crippen LogP contribution in [-0.4, -0.2) is 6.54 Å². The minimum Gasteiger partial charge on any atom is -0.310 e. The van der Waals surface area contributed by atoms with Crippen LogP contribution < -0.4 is 5.32 Å². The summed E-state index contributed by atoms with van der Waals surface area (Å²) in [5, 5.41) is 3.32. The van der Waals surface area contributed by atoms with Crippen LogP contribution in [0.3, 0.4) is 0 Å². The zero-order valence-corrected chi connectivity index (χ0v) is 12.3. The number of benzene rings is 1. The first kappa shape index (κ1) is 16.8. The molecule has 1 N–H and O–H groups in total. The smallest absolute Gasteiger partial charge is 0.163 e. The molecule has 0 aromatic heterocycles. The van der Waals surface area contributed by atoms with Gasteiger partial charge >= 0.3 is 0 Å². The molecule has 0 aliphatic heterocycles. The lowest BCUT2D eigenvalue weighted by Gasteiger charge is -2.19. The number of allylic oxidation sites excluding steroid dienone is 1. The Hall–Kier alpha value is -1.22. The van der Waals surface area contributed by atoms with Crippen LogP contribution in [0.2, 0.25) is 0 Å². The Labute approximate surface area is 121 Å². The molecular weight excluding hydrogens is 256 g/mol. The number of rotatable bonds is 10. The predicted octanol–water partition coefficient (Wildman–Crippen LogP) is 5.14. The van der Waals surface area contributed by atoms with Crippen molar-refractivity contribution in [3.8, 4) is 0 Å². The van der Waals surface area contributed by atoms with Crippen molar-refractivity contribution < 1.29 is 8.78 Å². The van der Waals surface area contributed by atoms with Gasteiger partial charge in [0.25, 0.3) is 0 Å². The molecule has 0 aliphatic carbocycles. The van der Waals surface area contributed by atoms with Crippen LogP contribution in [0.25, 0.3) is 0 Å². The maximum absolute atomic E-state index is 13.9. The highest BCUT2D eigenvalue weighted by molar-refractivity contribution is 5.22. The van der Waals surface area contributed by atoms with Crippen molar-refractivity contribution in [2.45, 2.75) is 51.5 Å². The van der Waals surface area contributed by atoms with Crippen molar-refractivity contribution in [2.24, 2.45) is 0 Å². The monoisotopic (exact) mass is 281 g/mol. The molecule has 0 bridgehead atoms. The molecule has 0 amide bonds. The van der Waals surface area contributed by atoms with E-state index in [1.807, 2.05) is 6.08 Å². The van der Waals surface area contributed by atoms with E-state index in [1.54, 1.807) is 12.1 Å². The number of unbranched alkanes of at least 4 members (excludes halogenated alkanes) is 3. The molecule has 1 nitrogen and oxygen atoms in total. The lowest BCUT2D eigenvalue weighted by Crippen LogP contribution is -2.23. The van der Waals surface area contributed by atoms with E-state index in [4.69, 9.17) is 0 Å². The molecule has 0 aliphatic rings. The molecule has 20 heavy (non-hydrogen) atoms. The zero-order valence-electron chi connectivity index (χ0n) is 12.3. The highest BCUT2D eigenvalue weighted by atomic mass is 19.2. The topological polar surface area (TPSA) is 12.0 Å². The van der Waals surface area contributed by atoms with Gasteiger partial charge in [-0.15, -0.1) is 6.58 Å². The normalized spacial score (nSPS) is 12.3. The molecule has 0 saturated carbocycles. The molecule has 0 fully saturated rings. The number of hydrogen-bond donors (Lipinski definition) is 1. The molecule has 0 saturated heterocycles. The van der Waals surface area contributed by atoms with Crippen LogP contribution in [0, 0.1) is 11.6 Å². The van der Waals surface area contributed by atoms with Crippen LogP contribution >= 0.6 is 0 Å². The molecule has 112 valence electrons. The number of hydrogen-bond acceptors (Lipinski definition) is 1. The van der Waals surface area contributed by atoms with E-state index >= 15 is 0 Å². The first-order chi connectivity index (χ1) is 9.70. The lowest BCUT2D eigenvalue weighted by molar-refractivity contribution is 0.433. The van der Waals surface area contributed by atoms with E-state index in [0.29, 0.717) is 5.56 Å². The summed E-state index contributed by atoms with van der Waals surface area (Å²) in [5.41, 5.74) is 0.446. The number of halogens is 2. The van der Waals surface area contributed by atoms with Crippen molar-refractivity contribution in [1.29, 1.82) is 0 Å². The van der Waals surface area contributed by atoms with E-state index in [-0.39, 0.29) is 6.04 Å². The first-order valence-electron chi connectivity index (χ1n) is 7.48. The Morgan fingerprint density at radius 3 is 2.75 bits per heavy atom. The second-order valence-corrected chi connectivity index (χ2v) is 5.08. The van der Waals surface area contributed by atoms with Crippen molar-refractivity contribution in [3.63, 3.8) is 0 Å². The van der Waals surface area contributed by atoms with Gasteiger partial charge in [-0.25, -0.2) is 8.78 Å². The quantitative estimate of drug-likeness (QED) is 0.462. The molecule has 1 atom stereocenters. The van der Waals surface area contributed by atoms with Crippen LogP contribution in [0.4, 0.5) is 8.78 Å². The Morgan fingerprint density at radius 1 is 1.25 bits per heavy atom. The Kier molecular flexibility index (Phi) is 8.12. The van der Waals surface area contributed by atoms with E-state index in [0.717, 1.165) is 45.1 Å². The van der Waals surface area contributed by atoms with Gasteiger partial charge in [0.15, 0.2) is 11.6 Å². The summed E-state index contributed by atoms with van der Waals surface area (Å²) < 4.78 is 27.2. The molecular formula is C17H25F2N. The molecule has 1 aromatic rings. The van der Waals surface area contributed by atoms with Gasteiger partial charge in [-0.3, -0.25) is 0 Å². The fraction of sp³-hybridized carbons (Fsp3) is 0.529. The fourth-order valence-corrected chi connectivity index (χ4v) is 2.29. The van der Waals surface area contributed by atoms with E-state index in [9.17, 15) is 8.78 Å². The molecule has 1 rings (SSSR count). The lowest BCUT2D eigenvalue weighted by atomic mass is 9.99. The summed E-state index contributed by atoms with van der Waals surface area (Å²) in [7, 11) is 0. The summed E-state index contributed by atoms with van der Waals surface area (Å²) in [5.74, 6) is -1.48. The predicted molar refractivity (Wildman–Crippen MR) is 80.7 cm³/mol. The minimum absolute atomic E-state index is 0.102. The van der Waals surface area contributed by atoms with Gasteiger partial charge in [0.05, 0.1) is 0 Å². The summed E-state index contributed by atoms with van der Waals surface area (Å²) >= 11 is 0. The van der Waals surface area contributed by atoms with Gasteiger partial charge in [0, 0.05) is 11.6 Å². The second-order valence-electron chi connectivity index (χ2n) is 5.08. The summed E-state index contributed by atoms with van der Waals surface area (Å²) in [6.07, 6.45) is 7.94. The third kappa shape index (κ3) is 5.41. The molecule has 3 heteroatoms. The van der Waals surface area contributed by atoms with Crippen LogP contribution in [-0.2, 0) is 0 Å². The highest BCUT2D eigenvalue weighted by Gasteiger charge is 2.17. The third-order valence-corrected chi connectivity index (χ3v) is 3.40. The van der Waals surface area contributed by atoms with Gasteiger partial charge in [-0.2, -0.15) is 0 Å². The summed E-state index contributed by atoms with van der Waals surface area (Å²) in [6, 6.07) is 4.32. The molecule has 0 radical (unpaired) electrons. The van der Waals surface area contributed by atoms with Crippen molar-refractivity contribution in [3.05, 3.63) is 48.1 Å². The minimum atomic E-state index is -0.766. The standard InChI is InChI=1S/C17H25F2N/c1-3-5-6-7-8-12-16(20-13-4-2)14-10-9-11-15(18)17(14)19/h3,9-11,16,20H,1,4-8,12-13H2,2H3. The maximum Gasteiger partial charge on any atom is 0.163 e. The summed E-state index contributed by atoms with van der Waals surface area (Å²) in [4.78, 5) is 0. The van der Waals surface area contributed by atoms with Gasteiger partial charge in [-0.05, 0) is 38.3 Å². The average Bonchev–Trinajstić information content (AvgIpc) is 2.45. The van der Waals surface area contributed by atoms with E-state index in [1.165, 1.54) is 6.07 Å². The third-order valence-electron chi connectivity index (χ3n) is 3.40. The van der Waals surface area contributed by atoms with Gasteiger partial charge < -0.3 is 5.32 Å². The zero-order chi connectivity index (χ0) is 14.8. The summed E-state index contributed by atoms with van der Waals surface area (Å²) in [6.45, 7) is 6.58. The van der Waals surface area contributed by atoms with Crippen molar-refractivity contribution >= 4 is 0 Å². The molecule has 1 aromatic carbocycles. The Balaban J connectivity index is 2.63. The molecule has 0 heterocycles. The van der Waals surface area contributed by atoms with Crippen LogP contribution in [0.15, 0.2) is 30.9 Å². The van der Waals surface area contributed by atoms with Gasteiger partial charge in [0.2, 0.25) is 0 Å². The Bertz CT molecular complexity index is 404. The highest BCUT2D eigenvalue weighted by Crippen LogP contribution is 2.24.